The lowest BCUT2D eigenvalue weighted by molar-refractivity contribution is -0.253. The first-order valence-electron chi connectivity index (χ1n) is 10.9. The van der Waals surface area contributed by atoms with Crippen LogP contribution >= 0.6 is 0 Å². The van der Waals surface area contributed by atoms with E-state index in [-0.39, 0.29) is 22.6 Å². The van der Waals surface area contributed by atoms with Crippen LogP contribution < -0.4 is 19.5 Å². The van der Waals surface area contributed by atoms with E-state index in [1.54, 1.807) is 0 Å². The summed E-state index contributed by atoms with van der Waals surface area (Å²) >= 11 is 0. The summed E-state index contributed by atoms with van der Waals surface area (Å²) in [4.78, 5) is 3.59. The summed E-state index contributed by atoms with van der Waals surface area (Å²) in [5.41, 5.74) is 0.207. The van der Waals surface area contributed by atoms with Crippen molar-refractivity contribution in [1.29, 1.82) is 0 Å². The number of nitrogens with zero attached hydrogens (tertiary/aromatic N) is 1. The van der Waals surface area contributed by atoms with Gasteiger partial charge < -0.3 is 24.6 Å². The minimum absolute atomic E-state index is 0.0134. The molecule has 0 saturated carbocycles. The molecule has 0 amide bonds. The Kier molecular flexibility index (Phi) is 9.50. The number of benzene rings is 2. The molecule has 0 spiro atoms. The number of halogens is 9. The van der Waals surface area contributed by atoms with Gasteiger partial charge in [-0.05, 0) is 41.5 Å². The van der Waals surface area contributed by atoms with E-state index in [0.29, 0.717) is 0 Å². The van der Waals surface area contributed by atoms with Gasteiger partial charge in [0.05, 0.1) is 6.04 Å². The highest BCUT2D eigenvalue weighted by molar-refractivity contribution is 5.41. The minimum atomic E-state index is -4.98. The van der Waals surface area contributed by atoms with Crippen molar-refractivity contribution in [2.45, 2.75) is 37.5 Å². The first kappa shape index (κ1) is 29.8. The van der Waals surface area contributed by atoms with Crippen molar-refractivity contribution in [3.63, 3.8) is 0 Å². The van der Waals surface area contributed by atoms with Gasteiger partial charge in [0.1, 0.15) is 17.2 Å². The molecule has 3 rings (SSSR count). The van der Waals surface area contributed by atoms with Crippen molar-refractivity contribution >= 4 is 0 Å². The number of aliphatic hydroxyl groups is 1. The topological polar surface area (TPSA) is 72.8 Å². The third-order valence-electron chi connectivity index (χ3n) is 4.94. The molecule has 2 unspecified atom stereocenters. The molecule has 212 valence electrons. The molecule has 15 heteroatoms. The zero-order valence-corrected chi connectivity index (χ0v) is 19.4. The molecular weight excluding hydrogens is 551 g/mol. The fourth-order valence-electron chi connectivity index (χ4n) is 3.24. The molecule has 0 aliphatic rings. The Labute approximate surface area is 214 Å². The van der Waals surface area contributed by atoms with Crippen LogP contribution in [0.5, 0.6) is 23.1 Å². The highest BCUT2D eigenvalue weighted by Crippen LogP contribution is 2.33. The Hall–Kier alpha value is -3.72. The summed E-state index contributed by atoms with van der Waals surface area (Å²) in [7, 11) is 0. The second kappa shape index (κ2) is 12.4. The smallest absolute Gasteiger partial charge is 0.457 e. The van der Waals surface area contributed by atoms with Crippen LogP contribution in [0, 0.1) is 0 Å². The van der Waals surface area contributed by atoms with E-state index in [4.69, 9.17) is 4.74 Å². The molecule has 1 aromatic heterocycles. The van der Waals surface area contributed by atoms with Crippen molar-refractivity contribution in [1.82, 2.24) is 10.3 Å². The molecule has 2 atom stereocenters. The van der Waals surface area contributed by atoms with Gasteiger partial charge >= 0.3 is 25.3 Å². The maximum absolute atomic E-state index is 13.4. The maximum Gasteiger partial charge on any atom is 0.461 e. The van der Waals surface area contributed by atoms with Gasteiger partial charge in [-0.1, -0.05) is 24.3 Å². The van der Waals surface area contributed by atoms with E-state index in [9.17, 15) is 44.6 Å². The van der Waals surface area contributed by atoms with Crippen LogP contribution in [-0.2, 0) is 0 Å². The van der Waals surface area contributed by atoms with Crippen LogP contribution in [0.25, 0.3) is 0 Å². The lowest BCUT2D eigenvalue weighted by Gasteiger charge is -2.24. The normalized spacial score (nSPS) is 13.8. The van der Waals surface area contributed by atoms with Crippen molar-refractivity contribution in [3.05, 3.63) is 78.0 Å². The predicted octanol–water partition coefficient (Wildman–Crippen LogP) is 6.31. The molecule has 0 bridgehead atoms. The average Bonchev–Trinajstić information content (AvgIpc) is 2.83. The lowest BCUT2D eigenvalue weighted by Crippen LogP contribution is -2.40. The van der Waals surface area contributed by atoms with Gasteiger partial charge in [0.2, 0.25) is 5.88 Å². The van der Waals surface area contributed by atoms with Crippen molar-refractivity contribution in [3.8, 4) is 23.1 Å². The van der Waals surface area contributed by atoms with Gasteiger partial charge in [-0.2, -0.15) is 39.5 Å². The van der Waals surface area contributed by atoms with Gasteiger partial charge in [0.25, 0.3) is 0 Å². The standard InChI is InChI=1S/C24H19F9N2O4/c25-21(26)24(32,33)39-17-6-2-4-14(10-17)20(35-12-18(36)23(29,30)31)13-3-1-5-15(9-13)37-16-7-8-34-19(11-16)38-22(27)28/h1-11,18,20-22,35-36H,12H2. The molecule has 0 saturated heterocycles. The fraction of sp³-hybridized carbons (Fsp3) is 0.292. The summed E-state index contributed by atoms with van der Waals surface area (Å²) < 4.78 is 129. The molecule has 2 aromatic carbocycles. The highest BCUT2D eigenvalue weighted by atomic mass is 19.4. The Morgan fingerprint density at radius 2 is 1.41 bits per heavy atom. The SMILES string of the molecule is OC(CNC(c1cccc(Oc2ccnc(OC(F)F)c2)c1)c1cccc(OC(F)(F)C(F)F)c1)C(F)(F)F. The zero-order valence-electron chi connectivity index (χ0n) is 19.4. The number of alkyl halides is 9. The molecule has 2 N–H and O–H groups in total. The number of aromatic nitrogens is 1. The summed E-state index contributed by atoms with van der Waals surface area (Å²) in [5.74, 6) is -1.06. The molecule has 0 radical (unpaired) electrons. The van der Waals surface area contributed by atoms with Crippen molar-refractivity contribution < 1.29 is 58.8 Å². The number of aliphatic hydroxyl groups excluding tert-OH is 1. The van der Waals surface area contributed by atoms with Crippen molar-refractivity contribution in [2.75, 3.05) is 6.54 Å². The zero-order chi connectivity index (χ0) is 28.8. The van der Waals surface area contributed by atoms with Crippen molar-refractivity contribution in [2.24, 2.45) is 0 Å². The van der Waals surface area contributed by atoms with Crippen LogP contribution in [0.15, 0.2) is 66.9 Å². The molecule has 0 aliphatic carbocycles. The highest BCUT2D eigenvalue weighted by Gasteiger charge is 2.44. The molecule has 39 heavy (non-hydrogen) atoms. The molecular formula is C24H19F9N2O4. The minimum Gasteiger partial charge on any atom is -0.457 e. The third kappa shape index (κ3) is 8.64. The van der Waals surface area contributed by atoms with Gasteiger partial charge in [-0.25, -0.2) is 4.98 Å². The fourth-order valence-corrected chi connectivity index (χ4v) is 3.24. The number of ether oxygens (including phenoxy) is 3. The molecule has 3 aromatic rings. The lowest BCUT2D eigenvalue weighted by atomic mass is 9.98. The average molecular weight is 570 g/mol. The number of nitrogens with one attached hydrogen (secondary N) is 1. The van der Waals surface area contributed by atoms with Crippen LogP contribution in [-0.4, -0.2) is 48.1 Å². The molecule has 1 heterocycles. The number of pyridine rings is 1. The van der Waals surface area contributed by atoms with Gasteiger partial charge in [0.15, 0.2) is 6.10 Å². The van der Waals surface area contributed by atoms with Gasteiger partial charge in [-0.15, -0.1) is 0 Å². The van der Waals surface area contributed by atoms with Crippen LogP contribution in [0.2, 0.25) is 0 Å². The maximum atomic E-state index is 13.4. The quantitative estimate of drug-likeness (QED) is 0.249. The van der Waals surface area contributed by atoms with E-state index >= 15 is 0 Å². The molecule has 6 nitrogen and oxygen atoms in total. The Morgan fingerprint density at radius 1 is 0.821 bits per heavy atom. The summed E-state index contributed by atoms with van der Waals surface area (Å²) in [5, 5.41) is 11.9. The second-order valence-electron chi connectivity index (χ2n) is 7.82. The van der Waals surface area contributed by atoms with E-state index in [1.807, 2.05) is 0 Å². The van der Waals surface area contributed by atoms with Crippen LogP contribution in [0.4, 0.5) is 39.5 Å². The van der Waals surface area contributed by atoms with Crippen LogP contribution in [0.3, 0.4) is 0 Å². The van der Waals surface area contributed by atoms with Gasteiger partial charge in [-0.3, -0.25) is 0 Å². The van der Waals surface area contributed by atoms with Gasteiger partial charge in [0, 0.05) is 18.8 Å². The predicted molar refractivity (Wildman–Crippen MR) is 117 cm³/mol. The second-order valence-corrected chi connectivity index (χ2v) is 7.82. The van der Waals surface area contributed by atoms with E-state index in [1.165, 1.54) is 36.4 Å². The first-order chi connectivity index (χ1) is 18.2. The molecule has 0 aliphatic heterocycles. The summed E-state index contributed by atoms with van der Waals surface area (Å²) in [6.07, 6.45) is -15.6. The number of rotatable bonds is 12. The molecule has 0 fully saturated rings. The monoisotopic (exact) mass is 570 g/mol. The first-order valence-corrected chi connectivity index (χ1v) is 10.9. The number of hydrogen-bond donors (Lipinski definition) is 2. The van der Waals surface area contributed by atoms with E-state index < -0.39 is 55.6 Å². The number of hydrogen-bond acceptors (Lipinski definition) is 6. The Bertz CT molecular complexity index is 1230. The Balaban J connectivity index is 1.93. The van der Waals surface area contributed by atoms with E-state index in [2.05, 4.69) is 19.8 Å². The largest absolute Gasteiger partial charge is 0.461 e. The summed E-state index contributed by atoms with van der Waals surface area (Å²) in [6.45, 7) is -4.17. The van der Waals surface area contributed by atoms with Crippen LogP contribution in [0.1, 0.15) is 17.2 Å². The third-order valence-corrected chi connectivity index (χ3v) is 4.94. The summed E-state index contributed by atoms with van der Waals surface area (Å²) in [6, 6.07) is 11.0. The Morgan fingerprint density at radius 3 is 2.00 bits per heavy atom. The van der Waals surface area contributed by atoms with E-state index in [0.717, 1.165) is 30.5 Å².